The molecule has 0 fully saturated rings. The number of ether oxygens (including phenoxy) is 4. The minimum Gasteiger partial charge on any atom is -0.473 e. The van der Waals surface area contributed by atoms with Crippen molar-refractivity contribution < 1.29 is 27.4 Å². The third kappa shape index (κ3) is 6.01. The molecule has 4 rings (SSSR count). The van der Waals surface area contributed by atoms with E-state index in [0.29, 0.717) is 29.0 Å². The number of rotatable bonds is 11. The summed E-state index contributed by atoms with van der Waals surface area (Å²) in [6.45, 7) is 2.46. The largest absolute Gasteiger partial charge is 0.473 e. The zero-order valence-electron chi connectivity index (χ0n) is 18.0. The lowest BCUT2D eigenvalue weighted by Crippen LogP contribution is -2.31. The predicted molar refractivity (Wildman–Crippen MR) is 125 cm³/mol. The second-order valence-corrected chi connectivity index (χ2v) is 9.27. The highest BCUT2D eigenvalue weighted by atomic mass is 79.9. The topological polar surface area (TPSA) is 147 Å². The first-order valence-corrected chi connectivity index (χ1v) is 12.5. The lowest BCUT2D eigenvalue weighted by molar-refractivity contribution is 0.174. The fraction of sp³-hybridized carbons (Fsp3) is 0.300. The normalized spacial score (nSPS) is 12.4. The maximum Gasteiger partial charge on any atom is 0.316 e. The summed E-state index contributed by atoms with van der Waals surface area (Å²) in [5.74, 6) is 1.30. The van der Waals surface area contributed by atoms with Gasteiger partial charge in [0.05, 0.1) is 10.0 Å². The molecule has 0 bridgehead atoms. The molecular weight excluding hydrogens is 532 g/mol. The van der Waals surface area contributed by atoms with Crippen molar-refractivity contribution in [2.24, 2.45) is 0 Å². The standard InChI is InChI=1S/C20H21BrN6O6S/c1-2-5-26-34(28,29)27-18-17(13-3-4-15-16(8-13)33-12-32-15)19(25-11-24-18)30-6-7-31-20-22-9-14(21)10-23-20/h3-4,8-11,26H,2,5-7,12H2,1H3,(H,24,25,27). The molecule has 1 aromatic carbocycles. The predicted octanol–water partition coefficient (Wildman–Crippen LogP) is 2.54. The molecule has 0 spiro atoms. The molecular formula is C20H21BrN6O6S. The van der Waals surface area contributed by atoms with Crippen molar-refractivity contribution in [1.82, 2.24) is 24.7 Å². The number of nitrogens with one attached hydrogen (secondary N) is 2. The highest BCUT2D eigenvalue weighted by Gasteiger charge is 2.22. The maximum absolute atomic E-state index is 12.5. The molecule has 1 aliphatic rings. The van der Waals surface area contributed by atoms with E-state index in [-0.39, 0.29) is 44.3 Å². The van der Waals surface area contributed by atoms with Crippen molar-refractivity contribution >= 4 is 32.0 Å². The summed E-state index contributed by atoms with van der Waals surface area (Å²) in [7, 11) is -3.87. The highest BCUT2D eigenvalue weighted by Crippen LogP contribution is 2.40. The minimum absolute atomic E-state index is 0.0460. The van der Waals surface area contributed by atoms with Crippen LogP contribution in [0.5, 0.6) is 23.4 Å². The maximum atomic E-state index is 12.5. The Morgan fingerprint density at radius 3 is 2.62 bits per heavy atom. The molecule has 3 aromatic rings. The number of benzene rings is 1. The summed E-state index contributed by atoms with van der Waals surface area (Å²) in [5, 5.41) is 0. The summed E-state index contributed by atoms with van der Waals surface area (Å²) in [6.07, 6.45) is 4.98. The third-order valence-electron chi connectivity index (χ3n) is 4.40. The highest BCUT2D eigenvalue weighted by molar-refractivity contribution is 9.10. The van der Waals surface area contributed by atoms with Gasteiger partial charge >= 0.3 is 6.01 Å². The molecule has 0 saturated heterocycles. The Labute approximate surface area is 204 Å². The second-order valence-electron chi connectivity index (χ2n) is 6.85. The summed E-state index contributed by atoms with van der Waals surface area (Å²) in [5.41, 5.74) is 0.910. The molecule has 14 heteroatoms. The van der Waals surface area contributed by atoms with Crippen LogP contribution in [0.3, 0.4) is 0 Å². The van der Waals surface area contributed by atoms with Crippen molar-refractivity contribution in [3.05, 3.63) is 41.4 Å². The van der Waals surface area contributed by atoms with Crippen LogP contribution in [0.1, 0.15) is 13.3 Å². The van der Waals surface area contributed by atoms with Gasteiger partial charge in [-0.15, -0.1) is 0 Å². The van der Waals surface area contributed by atoms with Crippen LogP contribution < -0.4 is 28.4 Å². The Kier molecular flexibility index (Phi) is 7.59. The third-order valence-corrected chi connectivity index (χ3v) is 5.85. The van der Waals surface area contributed by atoms with Crippen molar-refractivity contribution in [1.29, 1.82) is 0 Å². The van der Waals surface area contributed by atoms with Crippen LogP contribution in [-0.4, -0.2) is 54.9 Å². The van der Waals surface area contributed by atoms with Gasteiger partial charge in [0.2, 0.25) is 12.7 Å². The summed E-state index contributed by atoms with van der Waals surface area (Å²) < 4.78 is 52.7. The van der Waals surface area contributed by atoms with Crippen LogP contribution in [0.25, 0.3) is 11.1 Å². The van der Waals surface area contributed by atoms with Crippen LogP contribution in [0.4, 0.5) is 5.82 Å². The van der Waals surface area contributed by atoms with Crippen LogP contribution >= 0.6 is 15.9 Å². The molecule has 0 saturated carbocycles. The van der Waals surface area contributed by atoms with Gasteiger partial charge in [0.25, 0.3) is 10.2 Å². The number of anilines is 1. The van der Waals surface area contributed by atoms with Gasteiger partial charge in [-0.2, -0.15) is 13.1 Å². The molecule has 34 heavy (non-hydrogen) atoms. The van der Waals surface area contributed by atoms with E-state index >= 15 is 0 Å². The number of aromatic nitrogens is 4. The number of fused-ring (bicyclic) bond motifs is 1. The fourth-order valence-corrected chi connectivity index (χ4v) is 4.07. The first-order valence-electron chi connectivity index (χ1n) is 10.2. The average Bonchev–Trinajstić information content (AvgIpc) is 3.29. The molecule has 2 N–H and O–H groups in total. The van der Waals surface area contributed by atoms with Gasteiger partial charge in [-0.1, -0.05) is 13.0 Å². The molecule has 0 unspecified atom stereocenters. The minimum atomic E-state index is -3.87. The monoisotopic (exact) mass is 552 g/mol. The van der Waals surface area contributed by atoms with E-state index in [4.69, 9.17) is 18.9 Å². The molecule has 12 nitrogen and oxygen atoms in total. The summed E-state index contributed by atoms with van der Waals surface area (Å²) >= 11 is 3.26. The number of nitrogens with zero attached hydrogens (tertiary/aromatic N) is 4. The zero-order valence-corrected chi connectivity index (χ0v) is 20.4. The van der Waals surface area contributed by atoms with Gasteiger partial charge in [-0.05, 0) is 40.0 Å². The fourth-order valence-electron chi connectivity index (χ4n) is 2.91. The summed E-state index contributed by atoms with van der Waals surface area (Å²) in [6, 6.07) is 5.36. The first-order chi connectivity index (χ1) is 16.4. The second kappa shape index (κ2) is 10.8. The van der Waals surface area contributed by atoms with E-state index in [1.807, 2.05) is 6.92 Å². The van der Waals surface area contributed by atoms with Gasteiger partial charge in [-0.3, -0.25) is 4.72 Å². The quantitative estimate of drug-likeness (QED) is 0.340. The van der Waals surface area contributed by atoms with Gasteiger partial charge in [0.1, 0.15) is 19.5 Å². The SMILES string of the molecule is CCCNS(=O)(=O)Nc1ncnc(OCCOc2ncc(Br)cn2)c1-c1ccc2c(c1)OCO2. The number of halogens is 1. The lowest BCUT2D eigenvalue weighted by atomic mass is 10.1. The molecule has 0 aliphatic carbocycles. The summed E-state index contributed by atoms with van der Waals surface area (Å²) in [4.78, 5) is 16.4. The molecule has 0 radical (unpaired) electrons. The van der Waals surface area contributed by atoms with E-state index in [1.54, 1.807) is 30.6 Å². The molecule has 180 valence electrons. The Morgan fingerprint density at radius 2 is 1.82 bits per heavy atom. The number of hydrogen-bond acceptors (Lipinski definition) is 10. The van der Waals surface area contributed by atoms with E-state index in [9.17, 15) is 8.42 Å². The van der Waals surface area contributed by atoms with E-state index < -0.39 is 10.2 Å². The average molecular weight is 553 g/mol. The van der Waals surface area contributed by atoms with Crippen LogP contribution in [0, 0.1) is 0 Å². The van der Waals surface area contributed by atoms with Crippen molar-refractivity contribution in [3.63, 3.8) is 0 Å². The molecule has 3 heterocycles. The smallest absolute Gasteiger partial charge is 0.316 e. The Balaban J connectivity index is 1.58. The van der Waals surface area contributed by atoms with E-state index in [1.165, 1.54) is 6.33 Å². The molecule has 0 amide bonds. The molecule has 2 aromatic heterocycles. The van der Waals surface area contributed by atoms with E-state index in [2.05, 4.69) is 45.3 Å². The molecule has 1 aliphatic heterocycles. The van der Waals surface area contributed by atoms with Gasteiger partial charge in [-0.25, -0.2) is 19.9 Å². The Bertz CT molecular complexity index is 1240. The van der Waals surface area contributed by atoms with Crippen LogP contribution in [0.15, 0.2) is 41.4 Å². The van der Waals surface area contributed by atoms with Gasteiger partial charge in [0, 0.05) is 18.9 Å². The first kappa shape index (κ1) is 23.9. The number of hydrogen-bond donors (Lipinski definition) is 2. The van der Waals surface area contributed by atoms with Crippen LogP contribution in [-0.2, 0) is 10.2 Å². The van der Waals surface area contributed by atoms with Crippen molar-refractivity contribution in [2.75, 3.05) is 31.3 Å². The van der Waals surface area contributed by atoms with E-state index in [0.717, 1.165) is 4.47 Å². The molecule has 0 atom stereocenters. The Hall–Kier alpha value is -3.23. The van der Waals surface area contributed by atoms with Crippen molar-refractivity contribution in [3.8, 4) is 34.5 Å². The Morgan fingerprint density at radius 1 is 1.06 bits per heavy atom. The van der Waals surface area contributed by atoms with Gasteiger partial charge < -0.3 is 18.9 Å². The zero-order chi connectivity index (χ0) is 24.0. The van der Waals surface area contributed by atoms with Crippen LogP contribution in [0.2, 0.25) is 0 Å². The lowest BCUT2D eigenvalue weighted by Gasteiger charge is -2.16. The van der Waals surface area contributed by atoms with Gasteiger partial charge in [0.15, 0.2) is 17.3 Å². The van der Waals surface area contributed by atoms with Crippen molar-refractivity contribution in [2.45, 2.75) is 13.3 Å².